The zero-order valence-corrected chi connectivity index (χ0v) is 9.55. The molecule has 0 aliphatic carbocycles. The fourth-order valence-electron chi connectivity index (χ4n) is 0.754. The van der Waals surface area contributed by atoms with Gasteiger partial charge in [-0.25, -0.2) is 23.5 Å². The molecule has 0 aromatic carbocycles. The van der Waals surface area contributed by atoms with Crippen molar-refractivity contribution in [1.29, 1.82) is 0 Å². The molecule has 78 valence electrons. The number of nitrogens with zero attached hydrogens (tertiary/aromatic N) is 2. The van der Waals surface area contributed by atoms with Gasteiger partial charge in [0.15, 0.2) is 0 Å². The lowest BCUT2D eigenvalue weighted by Gasteiger charge is -2.04. The van der Waals surface area contributed by atoms with Crippen LogP contribution < -0.4 is 10.5 Å². The predicted octanol–water partition coefficient (Wildman–Crippen LogP) is -0.0605. The maximum Gasteiger partial charge on any atom is 0.210 e. The van der Waals surface area contributed by atoms with Crippen LogP contribution in [0, 0.1) is 0 Å². The van der Waals surface area contributed by atoms with Crippen LogP contribution in [0.5, 0.6) is 0 Å². The number of aromatic nitrogens is 2. The van der Waals surface area contributed by atoms with Gasteiger partial charge in [-0.1, -0.05) is 0 Å². The molecule has 0 saturated heterocycles. The van der Waals surface area contributed by atoms with Gasteiger partial charge in [0.2, 0.25) is 10.0 Å². The van der Waals surface area contributed by atoms with Crippen LogP contribution in [-0.4, -0.2) is 30.7 Å². The minimum Gasteiger partial charge on any atom is -0.368 e. The number of hydrogen-bond donors (Lipinski definition) is 2. The van der Waals surface area contributed by atoms with E-state index < -0.39 is 10.0 Å². The second-order valence-electron chi connectivity index (χ2n) is 2.51. The first-order valence-electron chi connectivity index (χ1n) is 3.69. The largest absolute Gasteiger partial charge is 0.368 e. The highest BCUT2D eigenvalue weighted by Crippen LogP contribution is 2.16. The summed E-state index contributed by atoms with van der Waals surface area (Å²) in [5.41, 5.74) is 0. The first kappa shape index (κ1) is 11.3. The Morgan fingerprint density at radius 3 is 2.86 bits per heavy atom. The van der Waals surface area contributed by atoms with Gasteiger partial charge in [0.1, 0.15) is 12.1 Å². The SMILES string of the molecule is NS(=O)(=O)CCNc1ncncc1Br. The van der Waals surface area contributed by atoms with Crippen molar-refractivity contribution in [1.82, 2.24) is 9.97 Å². The maximum absolute atomic E-state index is 10.6. The average Bonchev–Trinajstić information content (AvgIpc) is 2.06. The molecule has 0 saturated carbocycles. The summed E-state index contributed by atoms with van der Waals surface area (Å²) in [5.74, 6) is 0.410. The van der Waals surface area contributed by atoms with Crippen LogP contribution in [0.3, 0.4) is 0 Å². The molecule has 0 aliphatic heterocycles. The molecule has 0 radical (unpaired) electrons. The summed E-state index contributed by atoms with van der Waals surface area (Å²) >= 11 is 3.21. The Hall–Kier alpha value is -0.730. The van der Waals surface area contributed by atoms with Crippen LogP contribution in [0.1, 0.15) is 0 Å². The summed E-state index contributed by atoms with van der Waals surface area (Å²) in [6, 6.07) is 0. The summed E-state index contributed by atoms with van der Waals surface area (Å²) in [4.78, 5) is 7.65. The van der Waals surface area contributed by atoms with Gasteiger partial charge in [0, 0.05) is 12.7 Å². The van der Waals surface area contributed by atoms with Crippen molar-refractivity contribution in [3.8, 4) is 0 Å². The summed E-state index contributed by atoms with van der Waals surface area (Å²) in [7, 11) is -3.43. The van der Waals surface area contributed by atoms with E-state index in [0.29, 0.717) is 10.3 Å². The van der Waals surface area contributed by atoms with Crippen molar-refractivity contribution >= 4 is 31.8 Å². The molecule has 1 heterocycles. The van der Waals surface area contributed by atoms with Crippen LogP contribution in [0.25, 0.3) is 0 Å². The highest BCUT2D eigenvalue weighted by atomic mass is 79.9. The van der Waals surface area contributed by atoms with Gasteiger partial charge in [-0.2, -0.15) is 0 Å². The molecule has 0 amide bonds. The van der Waals surface area contributed by atoms with Crippen molar-refractivity contribution in [2.45, 2.75) is 0 Å². The number of nitrogens with two attached hydrogens (primary N) is 1. The second kappa shape index (κ2) is 4.67. The standard InChI is InChI=1S/C6H9BrN4O2S/c7-5-3-9-4-11-6(5)10-1-2-14(8,12)13/h3-4H,1-2H2,(H2,8,12,13)(H,9,10,11). The summed E-state index contributed by atoms with van der Waals surface area (Å²) in [6.45, 7) is 0.217. The van der Waals surface area contributed by atoms with Gasteiger partial charge in [-0.15, -0.1) is 0 Å². The number of anilines is 1. The van der Waals surface area contributed by atoms with E-state index in [1.165, 1.54) is 6.33 Å². The minimum atomic E-state index is -3.43. The molecular formula is C6H9BrN4O2S. The molecule has 1 rings (SSSR count). The van der Waals surface area contributed by atoms with E-state index in [9.17, 15) is 8.42 Å². The molecule has 3 N–H and O–H groups in total. The Balaban J connectivity index is 2.51. The monoisotopic (exact) mass is 280 g/mol. The Bertz CT molecular complexity index is 408. The van der Waals surface area contributed by atoms with Crippen molar-refractivity contribution in [3.05, 3.63) is 17.0 Å². The molecule has 1 aromatic rings. The molecule has 6 nitrogen and oxygen atoms in total. The highest BCUT2D eigenvalue weighted by Gasteiger charge is 2.03. The van der Waals surface area contributed by atoms with Crippen molar-refractivity contribution in [2.24, 2.45) is 5.14 Å². The first-order valence-corrected chi connectivity index (χ1v) is 6.20. The summed E-state index contributed by atoms with van der Waals surface area (Å²) < 4.78 is 21.9. The molecular weight excluding hydrogens is 272 g/mol. The van der Waals surface area contributed by atoms with E-state index in [-0.39, 0.29) is 12.3 Å². The van der Waals surface area contributed by atoms with Crippen LogP contribution >= 0.6 is 15.9 Å². The zero-order chi connectivity index (χ0) is 10.6. The number of rotatable bonds is 4. The van der Waals surface area contributed by atoms with Gasteiger partial charge in [0.05, 0.1) is 10.2 Å². The molecule has 0 spiro atoms. The molecule has 0 aliphatic rings. The number of halogens is 1. The molecule has 0 atom stereocenters. The third kappa shape index (κ3) is 3.99. The van der Waals surface area contributed by atoms with Crippen molar-refractivity contribution < 1.29 is 8.42 Å². The van der Waals surface area contributed by atoms with E-state index in [1.807, 2.05) is 0 Å². The Morgan fingerprint density at radius 2 is 2.29 bits per heavy atom. The summed E-state index contributed by atoms with van der Waals surface area (Å²) in [6.07, 6.45) is 2.93. The lowest BCUT2D eigenvalue weighted by molar-refractivity contribution is 0.598. The third-order valence-corrected chi connectivity index (χ3v) is 2.70. The Kier molecular flexibility index (Phi) is 3.78. The average molecular weight is 281 g/mol. The lowest BCUT2D eigenvalue weighted by Crippen LogP contribution is -2.22. The van der Waals surface area contributed by atoms with E-state index in [2.05, 4.69) is 31.2 Å². The van der Waals surface area contributed by atoms with E-state index in [0.717, 1.165) is 0 Å². The lowest BCUT2D eigenvalue weighted by atomic mass is 10.5. The van der Waals surface area contributed by atoms with Crippen LogP contribution in [0.15, 0.2) is 17.0 Å². The fourth-order valence-corrected chi connectivity index (χ4v) is 1.50. The molecule has 14 heavy (non-hydrogen) atoms. The van der Waals surface area contributed by atoms with Gasteiger partial charge >= 0.3 is 0 Å². The predicted molar refractivity (Wildman–Crippen MR) is 56.2 cm³/mol. The van der Waals surface area contributed by atoms with Gasteiger partial charge in [-0.05, 0) is 15.9 Å². The van der Waals surface area contributed by atoms with Crippen molar-refractivity contribution in [3.63, 3.8) is 0 Å². The normalized spacial score (nSPS) is 11.3. The van der Waals surface area contributed by atoms with Crippen LogP contribution in [-0.2, 0) is 10.0 Å². The van der Waals surface area contributed by atoms with Gasteiger partial charge < -0.3 is 5.32 Å². The summed E-state index contributed by atoms with van der Waals surface area (Å²) in [5, 5.41) is 7.64. The van der Waals surface area contributed by atoms with Crippen molar-refractivity contribution in [2.75, 3.05) is 17.6 Å². The zero-order valence-electron chi connectivity index (χ0n) is 7.14. The minimum absolute atomic E-state index is 0.135. The topological polar surface area (TPSA) is 98.0 Å². The molecule has 1 aromatic heterocycles. The molecule has 0 bridgehead atoms. The van der Waals surface area contributed by atoms with Crippen LogP contribution in [0.2, 0.25) is 0 Å². The molecule has 0 fully saturated rings. The van der Waals surface area contributed by atoms with Gasteiger partial charge in [-0.3, -0.25) is 0 Å². The maximum atomic E-state index is 10.6. The Morgan fingerprint density at radius 1 is 1.57 bits per heavy atom. The van der Waals surface area contributed by atoms with E-state index in [1.54, 1.807) is 6.20 Å². The quantitative estimate of drug-likeness (QED) is 0.805. The molecule has 0 unspecified atom stereocenters. The smallest absolute Gasteiger partial charge is 0.210 e. The van der Waals surface area contributed by atoms with Gasteiger partial charge in [0.25, 0.3) is 0 Å². The fraction of sp³-hybridized carbons (Fsp3) is 0.333. The number of nitrogens with one attached hydrogen (secondary N) is 1. The number of hydrogen-bond acceptors (Lipinski definition) is 5. The molecule has 8 heteroatoms. The third-order valence-electron chi connectivity index (χ3n) is 1.35. The second-order valence-corrected chi connectivity index (χ2v) is 5.10. The number of sulfonamides is 1. The van der Waals surface area contributed by atoms with Crippen LogP contribution in [0.4, 0.5) is 5.82 Å². The van der Waals surface area contributed by atoms with E-state index >= 15 is 0 Å². The highest BCUT2D eigenvalue weighted by molar-refractivity contribution is 9.10. The van der Waals surface area contributed by atoms with E-state index in [4.69, 9.17) is 5.14 Å². The first-order chi connectivity index (χ1) is 6.49. The Labute approximate surface area is 90.1 Å². The number of primary sulfonamides is 1.